The Hall–Kier alpha value is -2.02. The summed E-state index contributed by atoms with van der Waals surface area (Å²) in [6.45, 7) is 1.56. The van der Waals surface area contributed by atoms with Gasteiger partial charge >= 0.3 is 5.97 Å². The summed E-state index contributed by atoms with van der Waals surface area (Å²) in [5, 5.41) is 4.46. The molecule has 0 saturated heterocycles. The van der Waals surface area contributed by atoms with Crippen LogP contribution in [-0.2, 0) is 14.3 Å². The van der Waals surface area contributed by atoms with Crippen LogP contribution < -0.4 is 10.6 Å². The molecule has 1 aromatic carbocycles. The van der Waals surface area contributed by atoms with Gasteiger partial charge in [-0.1, -0.05) is 18.2 Å². The van der Waals surface area contributed by atoms with Crippen molar-refractivity contribution in [1.29, 1.82) is 0 Å². The molecule has 0 heterocycles. The van der Waals surface area contributed by atoms with Crippen molar-refractivity contribution < 1.29 is 19.1 Å². The van der Waals surface area contributed by atoms with Gasteiger partial charge in [-0.15, -0.1) is 0 Å². The molecule has 108 valence electrons. The molecule has 6 nitrogen and oxygen atoms in total. The Balaban J connectivity index is 2.20. The van der Waals surface area contributed by atoms with Crippen LogP contribution in [0.15, 0.2) is 35.2 Å². The van der Waals surface area contributed by atoms with E-state index in [-0.39, 0.29) is 24.9 Å². The maximum absolute atomic E-state index is 11.5. The summed E-state index contributed by atoms with van der Waals surface area (Å²) in [7, 11) is 0. The summed E-state index contributed by atoms with van der Waals surface area (Å²) in [6, 6.07) is 9.09. The molecule has 0 atom stereocenters. The molecule has 20 heavy (non-hydrogen) atoms. The quantitative estimate of drug-likeness (QED) is 0.608. The van der Waals surface area contributed by atoms with Crippen molar-refractivity contribution in [3.05, 3.63) is 30.3 Å². The number of carbonyl (C=O) groups is 3. The lowest BCUT2D eigenvalue weighted by Gasteiger charge is -2.06. The molecule has 1 aromatic rings. The Morgan fingerprint density at radius 2 is 1.80 bits per heavy atom. The molecule has 2 N–H and O–H groups in total. The van der Waals surface area contributed by atoms with E-state index < -0.39 is 11.9 Å². The first-order chi connectivity index (χ1) is 9.61. The van der Waals surface area contributed by atoms with E-state index in [0.717, 1.165) is 16.7 Å². The molecule has 0 spiro atoms. The predicted molar refractivity (Wildman–Crippen MR) is 75.3 cm³/mol. The van der Waals surface area contributed by atoms with Gasteiger partial charge in [0.05, 0.1) is 13.2 Å². The Labute approximate surface area is 121 Å². The monoisotopic (exact) mass is 296 g/mol. The SMILES string of the molecule is CCOC(=O)CNC(=O)CNC(=O)Sc1ccccc1. The van der Waals surface area contributed by atoms with E-state index in [1.807, 2.05) is 18.2 Å². The van der Waals surface area contributed by atoms with Gasteiger partial charge in [0, 0.05) is 4.90 Å². The summed E-state index contributed by atoms with van der Waals surface area (Å²) in [5.41, 5.74) is 0. The zero-order valence-corrected chi connectivity index (χ0v) is 11.9. The molecular formula is C13H16N2O4S. The van der Waals surface area contributed by atoms with Gasteiger partial charge in [0.2, 0.25) is 5.91 Å². The lowest BCUT2D eigenvalue weighted by Crippen LogP contribution is -2.38. The molecule has 2 amide bonds. The van der Waals surface area contributed by atoms with E-state index in [9.17, 15) is 14.4 Å². The highest BCUT2D eigenvalue weighted by Crippen LogP contribution is 2.16. The van der Waals surface area contributed by atoms with Gasteiger partial charge in [-0.3, -0.25) is 14.4 Å². The molecule has 0 fully saturated rings. The third-order valence-corrected chi connectivity index (χ3v) is 2.92. The molecule has 0 aromatic heterocycles. The third kappa shape index (κ3) is 6.79. The van der Waals surface area contributed by atoms with Gasteiger partial charge in [-0.05, 0) is 30.8 Å². The normalized spacial score (nSPS) is 9.65. The lowest BCUT2D eigenvalue weighted by atomic mass is 10.4. The first kappa shape index (κ1) is 16.0. The molecule has 0 saturated carbocycles. The second kappa shape index (κ2) is 8.98. The van der Waals surface area contributed by atoms with Crippen LogP contribution in [0.25, 0.3) is 0 Å². The van der Waals surface area contributed by atoms with Crippen molar-refractivity contribution in [3.63, 3.8) is 0 Å². The molecule has 7 heteroatoms. The first-order valence-corrected chi connectivity index (χ1v) is 6.86. The van der Waals surface area contributed by atoms with Crippen molar-refractivity contribution in [1.82, 2.24) is 10.6 Å². The zero-order chi connectivity index (χ0) is 14.8. The Kier molecular flexibility index (Phi) is 7.20. The number of benzene rings is 1. The standard InChI is InChI=1S/C13H16N2O4S/c1-2-19-12(17)9-14-11(16)8-15-13(18)20-10-6-4-3-5-7-10/h3-7H,2,8-9H2,1H3,(H,14,16)(H,15,18). The van der Waals surface area contributed by atoms with Gasteiger partial charge in [-0.2, -0.15) is 0 Å². The van der Waals surface area contributed by atoms with Crippen LogP contribution >= 0.6 is 11.8 Å². The highest BCUT2D eigenvalue weighted by molar-refractivity contribution is 8.13. The summed E-state index contributed by atoms with van der Waals surface area (Å²) in [5.74, 6) is -0.953. The molecule has 0 unspecified atom stereocenters. The Bertz CT molecular complexity index is 465. The number of thioether (sulfide) groups is 1. The van der Waals surface area contributed by atoms with Crippen LogP contribution in [-0.4, -0.2) is 36.8 Å². The van der Waals surface area contributed by atoms with Gasteiger partial charge in [0.1, 0.15) is 6.54 Å². The number of nitrogens with one attached hydrogen (secondary N) is 2. The molecule has 1 rings (SSSR count). The van der Waals surface area contributed by atoms with Gasteiger partial charge in [0.15, 0.2) is 0 Å². The molecular weight excluding hydrogens is 280 g/mol. The second-order valence-corrected chi connectivity index (χ2v) is 4.68. The number of ether oxygens (including phenoxy) is 1. The third-order valence-electron chi connectivity index (χ3n) is 2.08. The Morgan fingerprint density at radius 1 is 1.10 bits per heavy atom. The minimum atomic E-state index is -0.508. The number of esters is 1. The number of amides is 2. The zero-order valence-electron chi connectivity index (χ0n) is 11.0. The van der Waals surface area contributed by atoms with Gasteiger partial charge in [0.25, 0.3) is 5.24 Å². The first-order valence-electron chi connectivity index (χ1n) is 6.05. The predicted octanol–water partition coefficient (Wildman–Crippen LogP) is 1.17. The van der Waals surface area contributed by atoms with E-state index in [4.69, 9.17) is 0 Å². The average molecular weight is 296 g/mol. The van der Waals surface area contributed by atoms with Crippen LogP contribution in [0, 0.1) is 0 Å². The van der Waals surface area contributed by atoms with E-state index in [1.54, 1.807) is 19.1 Å². The van der Waals surface area contributed by atoms with Gasteiger partial charge in [-0.25, -0.2) is 0 Å². The van der Waals surface area contributed by atoms with E-state index in [0.29, 0.717) is 0 Å². The highest BCUT2D eigenvalue weighted by Gasteiger charge is 2.08. The fourth-order valence-electron chi connectivity index (χ4n) is 1.23. The topological polar surface area (TPSA) is 84.5 Å². The minimum absolute atomic E-state index is 0.182. The summed E-state index contributed by atoms with van der Waals surface area (Å²) in [4.78, 5) is 34.7. The van der Waals surface area contributed by atoms with Crippen molar-refractivity contribution in [2.45, 2.75) is 11.8 Å². The molecule has 0 aliphatic rings. The number of carbonyl (C=O) groups excluding carboxylic acids is 3. The van der Waals surface area contributed by atoms with Crippen LogP contribution in [0.4, 0.5) is 4.79 Å². The fourth-order valence-corrected chi connectivity index (χ4v) is 1.88. The van der Waals surface area contributed by atoms with E-state index in [2.05, 4.69) is 15.4 Å². The molecule has 0 bridgehead atoms. The van der Waals surface area contributed by atoms with Crippen LogP contribution in [0.2, 0.25) is 0 Å². The molecule has 0 radical (unpaired) electrons. The molecule has 0 aliphatic carbocycles. The van der Waals surface area contributed by atoms with Crippen LogP contribution in [0.5, 0.6) is 0 Å². The summed E-state index contributed by atoms with van der Waals surface area (Å²) >= 11 is 0.996. The number of rotatable bonds is 6. The second-order valence-electron chi connectivity index (χ2n) is 3.64. The fraction of sp³-hybridized carbons (Fsp3) is 0.308. The lowest BCUT2D eigenvalue weighted by molar-refractivity contribution is -0.143. The Morgan fingerprint density at radius 3 is 2.45 bits per heavy atom. The van der Waals surface area contributed by atoms with Gasteiger partial charge < -0.3 is 15.4 Å². The molecule has 0 aliphatic heterocycles. The highest BCUT2D eigenvalue weighted by atomic mass is 32.2. The maximum atomic E-state index is 11.5. The maximum Gasteiger partial charge on any atom is 0.325 e. The van der Waals surface area contributed by atoms with Crippen molar-refractivity contribution in [2.75, 3.05) is 19.7 Å². The average Bonchev–Trinajstić information content (AvgIpc) is 2.44. The summed E-state index contributed by atoms with van der Waals surface area (Å²) in [6.07, 6.45) is 0. The van der Waals surface area contributed by atoms with Crippen LogP contribution in [0.1, 0.15) is 6.92 Å². The van der Waals surface area contributed by atoms with Crippen molar-refractivity contribution >= 4 is 28.9 Å². The smallest absolute Gasteiger partial charge is 0.325 e. The number of hydrogen-bond acceptors (Lipinski definition) is 5. The summed E-state index contributed by atoms with van der Waals surface area (Å²) < 4.78 is 4.65. The van der Waals surface area contributed by atoms with E-state index >= 15 is 0 Å². The van der Waals surface area contributed by atoms with Crippen molar-refractivity contribution in [3.8, 4) is 0 Å². The minimum Gasteiger partial charge on any atom is -0.465 e. The van der Waals surface area contributed by atoms with Crippen LogP contribution in [0.3, 0.4) is 0 Å². The van der Waals surface area contributed by atoms with E-state index in [1.165, 1.54) is 0 Å². The van der Waals surface area contributed by atoms with Crippen molar-refractivity contribution in [2.24, 2.45) is 0 Å². The largest absolute Gasteiger partial charge is 0.465 e. The number of hydrogen-bond donors (Lipinski definition) is 2.